The van der Waals surface area contributed by atoms with Crippen LogP contribution in [0.4, 0.5) is 0 Å². The highest BCUT2D eigenvalue weighted by molar-refractivity contribution is 5.78. The SMILES string of the molecule is Cc1nn(Cc2nnc(C)n2C)c(C)c1C=O. The number of aryl methyl sites for hydroxylation is 2. The van der Waals surface area contributed by atoms with E-state index in [4.69, 9.17) is 0 Å². The average molecular weight is 233 g/mol. The van der Waals surface area contributed by atoms with Crippen LogP contribution in [0.5, 0.6) is 0 Å². The van der Waals surface area contributed by atoms with E-state index in [0.29, 0.717) is 12.1 Å². The summed E-state index contributed by atoms with van der Waals surface area (Å²) in [6.45, 7) is 6.13. The molecule has 0 aromatic carbocycles. The second kappa shape index (κ2) is 4.12. The number of hydrogen-bond acceptors (Lipinski definition) is 4. The van der Waals surface area contributed by atoms with Crippen LogP contribution in [0.15, 0.2) is 0 Å². The topological polar surface area (TPSA) is 65.6 Å². The van der Waals surface area contributed by atoms with Gasteiger partial charge in [-0.3, -0.25) is 9.48 Å². The number of aromatic nitrogens is 5. The summed E-state index contributed by atoms with van der Waals surface area (Å²) in [6.07, 6.45) is 0.843. The Bertz CT molecular complexity index is 567. The third kappa shape index (κ3) is 1.86. The summed E-state index contributed by atoms with van der Waals surface area (Å²) in [5.74, 6) is 1.68. The molecule has 6 heteroatoms. The summed E-state index contributed by atoms with van der Waals surface area (Å²) >= 11 is 0. The fraction of sp³-hybridized carbons (Fsp3) is 0.455. The lowest BCUT2D eigenvalue weighted by Gasteiger charge is -2.04. The molecule has 2 heterocycles. The lowest BCUT2D eigenvalue weighted by Crippen LogP contribution is -2.09. The van der Waals surface area contributed by atoms with E-state index < -0.39 is 0 Å². The molecular formula is C11H15N5O. The van der Waals surface area contributed by atoms with E-state index in [1.807, 2.05) is 32.4 Å². The first-order chi connectivity index (χ1) is 8.04. The van der Waals surface area contributed by atoms with Gasteiger partial charge in [-0.25, -0.2) is 0 Å². The van der Waals surface area contributed by atoms with E-state index in [1.165, 1.54) is 0 Å². The van der Waals surface area contributed by atoms with Crippen LogP contribution >= 0.6 is 0 Å². The minimum absolute atomic E-state index is 0.526. The van der Waals surface area contributed by atoms with Crippen molar-refractivity contribution in [1.29, 1.82) is 0 Å². The molecule has 0 N–H and O–H groups in total. The Labute approximate surface area is 99.3 Å². The van der Waals surface area contributed by atoms with Crippen molar-refractivity contribution >= 4 is 6.29 Å². The normalized spacial score (nSPS) is 10.8. The van der Waals surface area contributed by atoms with Gasteiger partial charge in [0, 0.05) is 12.7 Å². The third-order valence-corrected chi connectivity index (χ3v) is 3.03. The Hall–Kier alpha value is -1.98. The van der Waals surface area contributed by atoms with Gasteiger partial charge in [-0.05, 0) is 20.8 Å². The van der Waals surface area contributed by atoms with E-state index in [2.05, 4.69) is 15.3 Å². The van der Waals surface area contributed by atoms with Crippen LogP contribution in [-0.2, 0) is 13.6 Å². The summed E-state index contributed by atoms with van der Waals surface area (Å²) in [6, 6.07) is 0. The molecule has 0 saturated carbocycles. The van der Waals surface area contributed by atoms with E-state index in [0.717, 1.165) is 29.3 Å². The second-order valence-corrected chi connectivity index (χ2v) is 4.08. The van der Waals surface area contributed by atoms with Crippen LogP contribution in [0.2, 0.25) is 0 Å². The van der Waals surface area contributed by atoms with Crippen LogP contribution < -0.4 is 0 Å². The van der Waals surface area contributed by atoms with Crippen molar-refractivity contribution in [3.63, 3.8) is 0 Å². The van der Waals surface area contributed by atoms with E-state index in [9.17, 15) is 4.79 Å². The highest BCUT2D eigenvalue weighted by atomic mass is 16.1. The Kier molecular flexibility index (Phi) is 2.79. The Balaban J connectivity index is 2.37. The minimum Gasteiger partial charge on any atom is -0.317 e. The van der Waals surface area contributed by atoms with E-state index >= 15 is 0 Å². The van der Waals surface area contributed by atoms with E-state index in [-0.39, 0.29) is 0 Å². The molecular weight excluding hydrogens is 218 g/mol. The lowest BCUT2D eigenvalue weighted by molar-refractivity contribution is 0.112. The highest BCUT2D eigenvalue weighted by Gasteiger charge is 2.13. The van der Waals surface area contributed by atoms with Crippen LogP contribution in [0, 0.1) is 20.8 Å². The Morgan fingerprint density at radius 1 is 1.24 bits per heavy atom. The molecule has 90 valence electrons. The molecule has 2 aromatic rings. The van der Waals surface area contributed by atoms with Crippen molar-refractivity contribution in [2.75, 3.05) is 0 Å². The van der Waals surface area contributed by atoms with Crippen molar-refractivity contribution in [2.45, 2.75) is 27.3 Å². The zero-order valence-electron chi connectivity index (χ0n) is 10.4. The molecule has 0 atom stereocenters. The van der Waals surface area contributed by atoms with Crippen LogP contribution in [0.3, 0.4) is 0 Å². The van der Waals surface area contributed by atoms with E-state index in [1.54, 1.807) is 4.68 Å². The Morgan fingerprint density at radius 3 is 2.41 bits per heavy atom. The van der Waals surface area contributed by atoms with Gasteiger partial charge >= 0.3 is 0 Å². The quantitative estimate of drug-likeness (QED) is 0.735. The molecule has 0 spiro atoms. The molecule has 0 radical (unpaired) electrons. The molecule has 17 heavy (non-hydrogen) atoms. The van der Waals surface area contributed by atoms with Gasteiger partial charge in [0.2, 0.25) is 0 Å². The van der Waals surface area contributed by atoms with Gasteiger partial charge in [0.05, 0.1) is 11.3 Å². The number of rotatable bonds is 3. The molecule has 0 amide bonds. The smallest absolute Gasteiger partial charge is 0.154 e. The number of hydrogen-bond donors (Lipinski definition) is 0. The van der Waals surface area contributed by atoms with Gasteiger partial charge in [0.15, 0.2) is 12.1 Å². The fourth-order valence-electron chi connectivity index (χ4n) is 1.76. The van der Waals surface area contributed by atoms with Gasteiger partial charge in [-0.15, -0.1) is 10.2 Å². The molecule has 0 aliphatic rings. The maximum Gasteiger partial charge on any atom is 0.154 e. The average Bonchev–Trinajstić information content (AvgIpc) is 2.74. The molecule has 0 aliphatic heterocycles. The molecule has 6 nitrogen and oxygen atoms in total. The predicted molar refractivity (Wildman–Crippen MR) is 61.9 cm³/mol. The first kappa shape index (κ1) is 11.5. The maximum atomic E-state index is 10.9. The summed E-state index contributed by atoms with van der Waals surface area (Å²) in [4.78, 5) is 10.9. The second-order valence-electron chi connectivity index (χ2n) is 4.08. The maximum absolute atomic E-state index is 10.9. The largest absolute Gasteiger partial charge is 0.317 e. The summed E-state index contributed by atoms with van der Waals surface area (Å²) in [7, 11) is 1.91. The standard InChI is InChI=1S/C11H15N5O/c1-7-10(6-17)8(2)16(14-7)5-11-13-12-9(3)15(11)4/h6H,5H2,1-4H3. The van der Waals surface area contributed by atoms with Gasteiger partial charge < -0.3 is 4.57 Å². The monoisotopic (exact) mass is 233 g/mol. The highest BCUT2D eigenvalue weighted by Crippen LogP contribution is 2.11. The van der Waals surface area contributed by atoms with Crippen molar-refractivity contribution in [1.82, 2.24) is 24.5 Å². The first-order valence-electron chi connectivity index (χ1n) is 5.38. The van der Waals surface area contributed by atoms with Gasteiger partial charge in [0.1, 0.15) is 12.4 Å². The Morgan fingerprint density at radius 2 is 1.94 bits per heavy atom. The number of carbonyl (C=O) groups excluding carboxylic acids is 1. The summed E-state index contributed by atoms with van der Waals surface area (Å²) < 4.78 is 3.69. The number of aldehydes is 1. The van der Waals surface area contributed by atoms with Crippen LogP contribution in [0.1, 0.15) is 33.4 Å². The zero-order chi connectivity index (χ0) is 12.6. The van der Waals surface area contributed by atoms with Gasteiger partial charge in [-0.2, -0.15) is 5.10 Å². The van der Waals surface area contributed by atoms with Crippen molar-refractivity contribution < 1.29 is 4.79 Å². The first-order valence-corrected chi connectivity index (χ1v) is 5.38. The number of nitrogens with zero attached hydrogens (tertiary/aromatic N) is 5. The lowest BCUT2D eigenvalue weighted by atomic mass is 10.2. The van der Waals surface area contributed by atoms with Gasteiger partial charge in [0.25, 0.3) is 0 Å². The number of carbonyl (C=O) groups is 1. The van der Waals surface area contributed by atoms with Crippen molar-refractivity contribution in [3.8, 4) is 0 Å². The molecule has 0 fully saturated rings. The van der Waals surface area contributed by atoms with Crippen LogP contribution in [0.25, 0.3) is 0 Å². The molecule has 0 bridgehead atoms. The minimum atomic E-state index is 0.526. The third-order valence-electron chi connectivity index (χ3n) is 3.03. The molecule has 0 saturated heterocycles. The van der Waals surface area contributed by atoms with Crippen molar-refractivity contribution in [3.05, 3.63) is 28.6 Å². The molecule has 0 unspecified atom stereocenters. The predicted octanol–water partition coefficient (Wildman–Crippen LogP) is 0.798. The van der Waals surface area contributed by atoms with Crippen molar-refractivity contribution in [2.24, 2.45) is 7.05 Å². The summed E-state index contributed by atoms with van der Waals surface area (Å²) in [5, 5.41) is 12.4. The fourth-order valence-corrected chi connectivity index (χ4v) is 1.76. The molecule has 2 rings (SSSR count). The molecule has 2 aromatic heterocycles. The molecule has 0 aliphatic carbocycles. The van der Waals surface area contributed by atoms with Crippen LogP contribution in [-0.4, -0.2) is 30.8 Å². The zero-order valence-corrected chi connectivity index (χ0v) is 10.4. The summed E-state index contributed by atoms with van der Waals surface area (Å²) in [5.41, 5.74) is 2.26. The van der Waals surface area contributed by atoms with Gasteiger partial charge in [-0.1, -0.05) is 0 Å².